The van der Waals surface area contributed by atoms with Crippen molar-refractivity contribution in [2.75, 3.05) is 0 Å². The Kier molecular flexibility index (Phi) is 11.9. The van der Waals surface area contributed by atoms with Crippen molar-refractivity contribution in [3.8, 4) is 0 Å². The minimum Gasteiger partial charge on any atom is -0.481 e. The molecule has 0 heterocycles. The van der Waals surface area contributed by atoms with Gasteiger partial charge in [0.1, 0.15) is 0 Å². The lowest BCUT2D eigenvalue weighted by Crippen LogP contribution is -2.27. The number of carboxylic acids is 1. The molecule has 0 bridgehead atoms. The zero-order chi connectivity index (χ0) is 21.5. The third-order valence-corrected chi connectivity index (χ3v) is 6.96. The summed E-state index contributed by atoms with van der Waals surface area (Å²) in [6.07, 6.45) is 23.5. The Morgan fingerprint density at radius 1 is 0.967 bits per heavy atom. The molecule has 2 rings (SSSR count). The highest BCUT2D eigenvalue weighted by Crippen LogP contribution is 2.46. The Morgan fingerprint density at radius 3 is 2.20 bits per heavy atom. The summed E-state index contributed by atoms with van der Waals surface area (Å²) in [6.45, 7) is 2.26. The fourth-order valence-corrected chi connectivity index (χ4v) is 5.33. The van der Waals surface area contributed by atoms with Gasteiger partial charge in [0, 0.05) is 6.42 Å². The van der Waals surface area contributed by atoms with E-state index in [0.717, 1.165) is 19.3 Å². The van der Waals surface area contributed by atoms with E-state index in [4.69, 9.17) is 0 Å². The molecule has 0 spiro atoms. The summed E-state index contributed by atoms with van der Waals surface area (Å²) in [5.41, 5.74) is 1.64. The molecular formula is C28H44O2. The Morgan fingerprint density at radius 2 is 1.60 bits per heavy atom. The fourth-order valence-electron chi connectivity index (χ4n) is 5.33. The standard InChI is InChI=1S/C28H44O2/c1-2-3-4-5-6-7-8-9-10-11-13-18-25(23-27(29)30)24-28(21-16-17-22-28)26-19-14-12-15-20-26/h7-8,12,14-15,19-20,25H,2-6,9-11,13,16-18,21-24H2,1H3,(H,29,30)/b8-7-/t25-/m1/s1. The van der Waals surface area contributed by atoms with Crippen LogP contribution in [0.5, 0.6) is 0 Å². The first-order valence-electron chi connectivity index (χ1n) is 12.6. The quantitative estimate of drug-likeness (QED) is 0.218. The first-order chi connectivity index (χ1) is 14.7. The van der Waals surface area contributed by atoms with E-state index in [1.807, 2.05) is 0 Å². The average molecular weight is 413 g/mol. The van der Waals surface area contributed by atoms with Crippen molar-refractivity contribution in [3.63, 3.8) is 0 Å². The van der Waals surface area contributed by atoms with Gasteiger partial charge in [-0.1, -0.05) is 94.4 Å². The van der Waals surface area contributed by atoms with E-state index in [-0.39, 0.29) is 5.41 Å². The van der Waals surface area contributed by atoms with Crippen molar-refractivity contribution < 1.29 is 9.90 Å². The Labute approximate surface area is 185 Å². The highest BCUT2D eigenvalue weighted by atomic mass is 16.4. The Bertz CT molecular complexity index is 598. The highest BCUT2D eigenvalue weighted by Gasteiger charge is 2.37. The Hall–Kier alpha value is -1.57. The summed E-state index contributed by atoms with van der Waals surface area (Å²) in [6, 6.07) is 10.9. The van der Waals surface area contributed by atoms with Crippen molar-refractivity contribution in [3.05, 3.63) is 48.0 Å². The second-order valence-corrected chi connectivity index (χ2v) is 9.48. The topological polar surface area (TPSA) is 37.3 Å². The summed E-state index contributed by atoms with van der Waals surface area (Å²) < 4.78 is 0. The smallest absolute Gasteiger partial charge is 0.303 e. The molecule has 1 aromatic rings. The number of aliphatic carboxylic acids is 1. The van der Waals surface area contributed by atoms with E-state index < -0.39 is 5.97 Å². The van der Waals surface area contributed by atoms with Gasteiger partial charge in [0.25, 0.3) is 0 Å². The molecule has 30 heavy (non-hydrogen) atoms. The van der Waals surface area contributed by atoms with E-state index in [9.17, 15) is 9.90 Å². The van der Waals surface area contributed by atoms with Crippen LogP contribution >= 0.6 is 0 Å². The van der Waals surface area contributed by atoms with Crippen LogP contribution in [0.3, 0.4) is 0 Å². The van der Waals surface area contributed by atoms with Crippen molar-refractivity contribution in [1.29, 1.82) is 0 Å². The molecule has 0 radical (unpaired) electrons. The summed E-state index contributed by atoms with van der Waals surface area (Å²) in [7, 11) is 0. The van der Waals surface area contributed by atoms with Gasteiger partial charge in [-0.3, -0.25) is 4.79 Å². The number of carboxylic acid groups (broad SMARTS) is 1. The van der Waals surface area contributed by atoms with Crippen molar-refractivity contribution in [2.45, 2.75) is 115 Å². The SMILES string of the molecule is CCCCCC/C=C\CCCCC[C@H](CC(=O)O)CC1(c2ccccc2)CCCC1. The molecule has 0 amide bonds. The van der Waals surface area contributed by atoms with Crippen molar-refractivity contribution in [2.24, 2.45) is 5.92 Å². The van der Waals surface area contributed by atoms with E-state index >= 15 is 0 Å². The van der Waals surface area contributed by atoms with Crippen LogP contribution < -0.4 is 0 Å². The van der Waals surface area contributed by atoms with Crippen LogP contribution in [0, 0.1) is 5.92 Å². The number of carbonyl (C=O) groups is 1. The lowest BCUT2D eigenvalue weighted by atomic mass is 9.71. The molecule has 0 unspecified atom stereocenters. The normalized spacial score (nSPS) is 16.8. The monoisotopic (exact) mass is 412 g/mol. The van der Waals surface area contributed by atoms with Gasteiger partial charge in [-0.2, -0.15) is 0 Å². The summed E-state index contributed by atoms with van der Waals surface area (Å²) in [5, 5.41) is 9.48. The minimum atomic E-state index is -0.632. The summed E-state index contributed by atoms with van der Waals surface area (Å²) in [4.78, 5) is 11.5. The second kappa shape index (κ2) is 14.4. The van der Waals surface area contributed by atoms with E-state index in [0.29, 0.717) is 12.3 Å². The lowest BCUT2D eigenvalue weighted by molar-refractivity contribution is -0.138. The maximum Gasteiger partial charge on any atom is 0.303 e. The van der Waals surface area contributed by atoms with Crippen LogP contribution in [0.2, 0.25) is 0 Å². The number of rotatable bonds is 16. The first-order valence-corrected chi connectivity index (χ1v) is 12.6. The van der Waals surface area contributed by atoms with Crippen molar-refractivity contribution >= 4 is 5.97 Å². The molecule has 1 aliphatic rings. The summed E-state index contributed by atoms with van der Waals surface area (Å²) >= 11 is 0. The van der Waals surface area contributed by atoms with Crippen LogP contribution in [0.25, 0.3) is 0 Å². The zero-order valence-corrected chi connectivity index (χ0v) is 19.3. The van der Waals surface area contributed by atoms with Gasteiger partial charge in [0.2, 0.25) is 0 Å². The molecule has 2 nitrogen and oxygen atoms in total. The van der Waals surface area contributed by atoms with Gasteiger partial charge >= 0.3 is 5.97 Å². The molecule has 0 saturated heterocycles. The van der Waals surface area contributed by atoms with E-state index in [1.54, 1.807) is 0 Å². The van der Waals surface area contributed by atoms with Crippen LogP contribution in [0.4, 0.5) is 0 Å². The summed E-state index contributed by atoms with van der Waals surface area (Å²) in [5.74, 6) is -0.331. The van der Waals surface area contributed by atoms with Gasteiger partial charge < -0.3 is 5.11 Å². The van der Waals surface area contributed by atoms with Gasteiger partial charge in [-0.15, -0.1) is 0 Å². The van der Waals surface area contributed by atoms with Gasteiger partial charge in [0.05, 0.1) is 0 Å². The molecule has 168 valence electrons. The molecule has 1 aromatic carbocycles. The molecule has 1 N–H and O–H groups in total. The highest BCUT2D eigenvalue weighted by molar-refractivity contribution is 5.67. The molecule has 0 aromatic heterocycles. The van der Waals surface area contributed by atoms with Gasteiger partial charge in [-0.05, 0) is 68.3 Å². The number of benzene rings is 1. The van der Waals surface area contributed by atoms with Gasteiger partial charge in [0.15, 0.2) is 0 Å². The first kappa shape index (κ1) is 24.7. The molecule has 2 heteroatoms. The molecule has 0 aliphatic heterocycles. The Balaban J connectivity index is 1.75. The maximum absolute atomic E-state index is 11.5. The van der Waals surface area contributed by atoms with Crippen LogP contribution in [-0.4, -0.2) is 11.1 Å². The number of unbranched alkanes of at least 4 members (excludes halogenated alkanes) is 7. The molecule has 1 saturated carbocycles. The minimum absolute atomic E-state index is 0.210. The van der Waals surface area contributed by atoms with Crippen LogP contribution in [0.15, 0.2) is 42.5 Å². The zero-order valence-electron chi connectivity index (χ0n) is 19.3. The van der Waals surface area contributed by atoms with Crippen LogP contribution in [0.1, 0.15) is 115 Å². The predicted molar refractivity (Wildman–Crippen MR) is 128 cm³/mol. The number of hydrogen-bond donors (Lipinski definition) is 1. The third-order valence-electron chi connectivity index (χ3n) is 6.96. The largest absolute Gasteiger partial charge is 0.481 e. The predicted octanol–water partition coefficient (Wildman–Crippen LogP) is 8.46. The second-order valence-electron chi connectivity index (χ2n) is 9.48. The molecular weight excluding hydrogens is 368 g/mol. The van der Waals surface area contributed by atoms with Gasteiger partial charge in [-0.25, -0.2) is 0 Å². The fraction of sp³-hybridized carbons (Fsp3) is 0.679. The van der Waals surface area contributed by atoms with E-state index in [1.165, 1.54) is 82.6 Å². The lowest BCUT2D eigenvalue weighted by Gasteiger charge is -2.33. The third kappa shape index (κ3) is 9.06. The van der Waals surface area contributed by atoms with E-state index in [2.05, 4.69) is 49.4 Å². The molecule has 1 fully saturated rings. The van der Waals surface area contributed by atoms with Crippen molar-refractivity contribution in [1.82, 2.24) is 0 Å². The number of allylic oxidation sites excluding steroid dienone is 2. The molecule has 1 aliphatic carbocycles. The number of hydrogen-bond acceptors (Lipinski definition) is 1. The van der Waals surface area contributed by atoms with Crippen LogP contribution in [-0.2, 0) is 10.2 Å². The average Bonchev–Trinajstić information content (AvgIpc) is 3.22. The molecule has 1 atom stereocenters. The maximum atomic E-state index is 11.5.